The van der Waals surface area contributed by atoms with Gasteiger partial charge in [0.15, 0.2) is 0 Å². The van der Waals surface area contributed by atoms with E-state index in [1.807, 2.05) is 65.4 Å². The first-order valence-corrected chi connectivity index (χ1v) is 11.7. The average molecular weight is 452 g/mol. The van der Waals surface area contributed by atoms with Crippen LogP contribution in [0.1, 0.15) is 29.9 Å². The van der Waals surface area contributed by atoms with Gasteiger partial charge in [0.1, 0.15) is 16.3 Å². The summed E-state index contributed by atoms with van der Waals surface area (Å²) in [4.78, 5) is 31.2. The van der Waals surface area contributed by atoms with Gasteiger partial charge in [-0.05, 0) is 49.1 Å². The lowest BCUT2D eigenvalue weighted by atomic mass is 10.1. The van der Waals surface area contributed by atoms with Crippen LogP contribution in [0.3, 0.4) is 0 Å². The summed E-state index contributed by atoms with van der Waals surface area (Å²) >= 11 is 1.64. The molecule has 3 aromatic rings. The first-order valence-electron chi connectivity index (χ1n) is 10.8. The number of aromatic nitrogens is 1. The number of benzene rings is 1. The molecular weight excluding hydrogens is 422 g/mol. The van der Waals surface area contributed by atoms with Crippen LogP contribution in [-0.4, -0.2) is 59.0 Å². The highest BCUT2D eigenvalue weighted by Crippen LogP contribution is 2.27. The van der Waals surface area contributed by atoms with Gasteiger partial charge < -0.3 is 19.1 Å². The summed E-state index contributed by atoms with van der Waals surface area (Å²) in [6.07, 6.45) is 0.347. The van der Waals surface area contributed by atoms with Crippen molar-refractivity contribution in [3.63, 3.8) is 0 Å². The fraction of sp³-hybridized carbons (Fsp3) is 0.360. The van der Waals surface area contributed by atoms with Crippen LogP contribution < -0.4 is 4.74 Å². The predicted molar refractivity (Wildman–Crippen MR) is 128 cm³/mol. The lowest BCUT2D eigenvalue weighted by Crippen LogP contribution is -2.56. The molecule has 0 bridgehead atoms. The Morgan fingerprint density at radius 1 is 1.19 bits per heavy atom. The summed E-state index contributed by atoms with van der Waals surface area (Å²) in [5.41, 5.74) is 2.66. The Labute approximate surface area is 192 Å². The van der Waals surface area contributed by atoms with Gasteiger partial charge in [-0.2, -0.15) is 0 Å². The second-order valence-corrected chi connectivity index (χ2v) is 9.36. The van der Waals surface area contributed by atoms with E-state index < -0.39 is 0 Å². The van der Waals surface area contributed by atoms with Gasteiger partial charge in [-0.3, -0.25) is 9.59 Å². The van der Waals surface area contributed by atoms with Gasteiger partial charge >= 0.3 is 0 Å². The van der Waals surface area contributed by atoms with E-state index in [0.29, 0.717) is 38.3 Å². The first-order chi connectivity index (χ1) is 15.4. The molecule has 2 aromatic heterocycles. The Hall–Kier alpha value is -3.06. The standard InChI is InChI=1S/C25H29N3O3S/c1-17(2)15-28-22(14-20-9-12-32-25(20)28)24(30)26-10-11-27(18(3)16-26)23(29)13-19-5-7-21(31-4)8-6-19/h5-9,12,14,18H,1,10-11,13,15-16H2,2-4H3. The number of piperazine rings is 1. The SMILES string of the molecule is C=C(C)Cn1c(C(=O)N2CCN(C(=O)Cc3ccc(OC)cc3)C(C)C2)cc2ccsc21. The third-order valence-corrected chi connectivity index (χ3v) is 6.85. The van der Waals surface area contributed by atoms with Crippen LogP contribution in [0.4, 0.5) is 0 Å². The molecule has 4 rings (SSSR count). The van der Waals surface area contributed by atoms with E-state index in [1.54, 1.807) is 18.4 Å². The zero-order valence-electron chi connectivity index (χ0n) is 18.8. The number of thiophene rings is 1. The molecule has 0 aliphatic carbocycles. The van der Waals surface area contributed by atoms with Gasteiger partial charge in [-0.1, -0.05) is 24.3 Å². The molecule has 3 heterocycles. The smallest absolute Gasteiger partial charge is 0.270 e. The second kappa shape index (κ2) is 9.20. The summed E-state index contributed by atoms with van der Waals surface area (Å²) in [7, 11) is 1.63. The van der Waals surface area contributed by atoms with Crippen LogP contribution in [0.25, 0.3) is 10.2 Å². The van der Waals surface area contributed by atoms with Crippen molar-refractivity contribution >= 4 is 33.4 Å². The predicted octanol–water partition coefficient (Wildman–Crippen LogP) is 4.20. The van der Waals surface area contributed by atoms with Crippen LogP contribution >= 0.6 is 11.3 Å². The molecule has 168 valence electrons. The van der Waals surface area contributed by atoms with Gasteiger partial charge in [-0.25, -0.2) is 0 Å². The lowest BCUT2D eigenvalue weighted by Gasteiger charge is -2.40. The van der Waals surface area contributed by atoms with E-state index in [2.05, 4.69) is 11.1 Å². The van der Waals surface area contributed by atoms with Crippen molar-refractivity contribution in [2.24, 2.45) is 0 Å². The van der Waals surface area contributed by atoms with Crippen molar-refractivity contribution in [2.75, 3.05) is 26.7 Å². The molecule has 1 aliphatic rings. The maximum Gasteiger partial charge on any atom is 0.270 e. The zero-order valence-corrected chi connectivity index (χ0v) is 19.7. The highest BCUT2D eigenvalue weighted by atomic mass is 32.1. The molecule has 1 fully saturated rings. The molecule has 1 unspecified atom stereocenters. The molecule has 1 aromatic carbocycles. The van der Waals surface area contributed by atoms with Crippen LogP contribution in [-0.2, 0) is 17.8 Å². The monoisotopic (exact) mass is 451 g/mol. The number of ether oxygens (including phenoxy) is 1. The van der Waals surface area contributed by atoms with Gasteiger partial charge in [-0.15, -0.1) is 11.3 Å². The number of carbonyl (C=O) groups excluding carboxylic acids is 2. The van der Waals surface area contributed by atoms with E-state index in [0.717, 1.165) is 27.1 Å². The number of rotatable bonds is 6. The molecular formula is C25H29N3O3S. The van der Waals surface area contributed by atoms with Crippen molar-refractivity contribution in [3.05, 3.63) is 65.2 Å². The van der Waals surface area contributed by atoms with Crippen molar-refractivity contribution in [2.45, 2.75) is 32.9 Å². The van der Waals surface area contributed by atoms with Crippen molar-refractivity contribution in [1.82, 2.24) is 14.4 Å². The topological polar surface area (TPSA) is 54.8 Å². The minimum Gasteiger partial charge on any atom is -0.497 e. The maximum absolute atomic E-state index is 13.4. The van der Waals surface area contributed by atoms with E-state index in [4.69, 9.17) is 4.74 Å². The largest absolute Gasteiger partial charge is 0.497 e. The molecule has 1 aliphatic heterocycles. The zero-order chi connectivity index (χ0) is 22.8. The Bertz CT molecular complexity index is 1150. The third-order valence-electron chi connectivity index (χ3n) is 5.90. The summed E-state index contributed by atoms with van der Waals surface area (Å²) in [6.45, 7) is 10.2. The number of carbonyl (C=O) groups is 2. The quantitative estimate of drug-likeness (QED) is 0.528. The average Bonchev–Trinajstić information content (AvgIpc) is 3.36. The molecule has 7 heteroatoms. The van der Waals surface area contributed by atoms with Crippen LogP contribution in [0.15, 0.2) is 53.9 Å². The first kappa shape index (κ1) is 22.1. The molecule has 2 amide bonds. The Morgan fingerprint density at radius 3 is 2.59 bits per heavy atom. The van der Waals surface area contributed by atoms with Crippen LogP contribution in [0.5, 0.6) is 5.75 Å². The molecule has 1 atom stereocenters. The third kappa shape index (κ3) is 4.43. The van der Waals surface area contributed by atoms with Crippen molar-refractivity contribution < 1.29 is 14.3 Å². The molecule has 0 N–H and O–H groups in total. The fourth-order valence-corrected chi connectivity index (χ4v) is 5.17. The molecule has 0 spiro atoms. The maximum atomic E-state index is 13.4. The second-order valence-electron chi connectivity index (χ2n) is 8.47. The Morgan fingerprint density at radius 2 is 1.94 bits per heavy atom. The van der Waals surface area contributed by atoms with Gasteiger partial charge in [0.05, 0.1) is 13.5 Å². The Balaban J connectivity index is 1.44. The normalized spacial score (nSPS) is 16.4. The number of fused-ring (bicyclic) bond motifs is 1. The summed E-state index contributed by atoms with van der Waals surface area (Å²) in [5.74, 6) is 0.877. The lowest BCUT2D eigenvalue weighted by molar-refractivity contribution is -0.134. The molecule has 32 heavy (non-hydrogen) atoms. The van der Waals surface area contributed by atoms with Gasteiger partial charge in [0.2, 0.25) is 5.91 Å². The van der Waals surface area contributed by atoms with Gasteiger partial charge in [0.25, 0.3) is 5.91 Å². The summed E-state index contributed by atoms with van der Waals surface area (Å²) in [6, 6.07) is 11.6. The number of hydrogen-bond acceptors (Lipinski definition) is 4. The highest BCUT2D eigenvalue weighted by molar-refractivity contribution is 7.16. The molecule has 0 radical (unpaired) electrons. The highest BCUT2D eigenvalue weighted by Gasteiger charge is 2.31. The Kier molecular flexibility index (Phi) is 6.37. The van der Waals surface area contributed by atoms with E-state index >= 15 is 0 Å². The van der Waals surface area contributed by atoms with E-state index in [-0.39, 0.29) is 17.9 Å². The van der Waals surface area contributed by atoms with Gasteiger partial charge in [0, 0.05) is 37.6 Å². The number of amides is 2. The molecule has 0 saturated carbocycles. The minimum atomic E-state index is -0.0379. The number of methoxy groups -OCH3 is 1. The number of allylic oxidation sites excluding steroid dienone is 1. The van der Waals surface area contributed by atoms with Crippen LogP contribution in [0, 0.1) is 0 Å². The van der Waals surface area contributed by atoms with Crippen molar-refractivity contribution in [3.8, 4) is 5.75 Å². The van der Waals surface area contributed by atoms with Crippen molar-refractivity contribution in [1.29, 1.82) is 0 Å². The molecule has 6 nitrogen and oxygen atoms in total. The molecule has 1 saturated heterocycles. The number of hydrogen-bond donors (Lipinski definition) is 0. The number of nitrogens with zero attached hydrogens (tertiary/aromatic N) is 3. The minimum absolute atomic E-state index is 0.0174. The van der Waals surface area contributed by atoms with Crippen LogP contribution in [0.2, 0.25) is 0 Å². The summed E-state index contributed by atoms with van der Waals surface area (Å²) < 4.78 is 7.25. The summed E-state index contributed by atoms with van der Waals surface area (Å²) in [5, 5.41) is 3.13. The fourth-order valence-electron chi connectivity index (χ4n) is 4.27. The van der Waals surface area contributed by atoms with E-state index in [1.165, 1.54) is 0 Å². The van der Waals surface area contributed by atoms with E-state index in [9.17, 15) is 9.59 Å².